The summed E-state index contributed by atoms with van der Waals surface area (Å²) in [5.41, 5.74) is 0.258. The molecule has 102 valence electrons. The number of nitrogens with one attached hydrogen (secondary N) is 2. The maximum absolute atomic E-state index is 3.63. The normalized spacial score (nSPS) is 21.1. The Balaban J connectivity index is 1.65. The van der Waals surface area contributed by atoms with Crippen molar-refractivity contribution in [3.05, 3.63) is 22.4 Å². The fraction of sp³-hybridized carbons (Fsp3) is 0.733. The average Bonchev–Trinajstić information content (AvgIpc) is 2.91. The summed E-state index contributed by atoms with van der Waals surface area (Å²) < 4.78 is 0. The van der Waals surface area contributed by atoms with E-state index in [9.17, 15) is 0 Å². The highest BCUT2D eigenvalue weighted by Crippen LogP contribution is 2.26. The Labute approximate surface area is 115 Å². The maximum atomic E-state index is 3.63. The average molecular weight is 266 g/mol. The molecule has 0 spiro atoms. The van der Waals surface area contributed by atoms with E-state index < -0.39 is 0 Å². The minimum atomic E-state index is 0.258. The highest BCUT2D eigenvalue weighted by Gasteiger charge is 2.21. The van der Waals surface area contributed by atoms with Crippen molar-refractivity contribution in [2.24, 2.45) is 0 Å². The smallest absolute Gasteiger partial charge is 0.0115 e. The Morgan fingerprint density at radius 3 is 3.00 bits per heavy atom. The van der Waals surface area contributed by atoms with Crippen LogP contribution >= 0.6 is 11.3 Å². The van der Waals surface area contributed by atoms with Crippen LogP contribution in [0.2, 0.25) is 0 Å². The molecule has 0 radical (unpaired) electrons. The van der Waals surface area contributed by atoms with Crippen LogP contribution in [0.25, 0.3) is 0 Å². The van der Waals surface area contributed by atoms with E-state index in [1.807, 2.05) is 11.3 Å². The molecule has 1 unspecified atom stereocenters. The lowest BCUT2D eigenvalue weighted by Crippen LogP contribution is -2.38. The van der Waals surface area contributed by atoms with Crippen molar-refractivity contribution in [1.29, 1.82) is 0 Å². The van der Waals surface area contributed by atoms with Gasteiger partial charge in [-0.15, -0.1) is 11.3 Å². The van der Waals surface area contributed by atoms with Crippen molar-refractivity contribution >= 4 is 11.3 Å². The van der Waals surface area contributed by atoms with Gasteiger partial charge in [0, 0.05) is 22.9 Å². The van der Waals surface area contributed by atoms with E-state index in [1.165, 1.54) is 37.1 Å². The zero-order chi connectivity index (χ0) is 12.8. The standard InChI is InChI=1S/C15H26N2S/c1-15(2,14-7-5-11-18-14)12-16-10-8-13-6-3-4-9-17-13/h5,7,11,13,16-17H,3-4,6,8-10,12H2,1-2H3. The van der Waals surface area contributed by atoms with Crippen LogP contribution in [0.15, 0.2) is 17.5 Å². The van der Waals surface area contributed by atoms with Gasteiger partial charge in [-0.2, -0.15) is 0 Å². The summed E-state index contributed by atoms with van der Waals surface area (Å²) in [5.74, 6) is 0. The topological polar surface area (TPSA) is 24.1 Å². The van der Waals surface area contributed by atoms with Gasteiger partial charge in [-0.1, -0.05) is 26.3 Å². The second-order valence-corrected chi connectivity index (χ2v) is 6.92. The predicted molar refractivity (Wildman–Crippen MR) is 80.5 cm³/mol. The fourth-order valence-corrected chi connectivity index (χ4v) is 3.45. The highest BCUT2D eigenvalue weighted by atomic mass is 32.1. The number of hydrogen-bond acceptors (Lipinski definition) is 3. The molecule has 1 saturated heterocycles. The Morgan fingerprint density at radius 2 is 2.33 bits per heavy atom. The van der Waals surface area contributed by atoms with Gasteiger partial charge in [-0.05, 0) is 43.8 Å². The zero-order valence-electron chi connectivity index (χ0n) is 11.7. The van der Waals surface area contributed by atoms with Crippen molar-refractivity contribution in [1.82, 2.24) is 10.6 Å². The quantitative estimate of drug-likeness (QED) is 0.773. The molecule has 1 aromatic heterocycles. The number of piperidine rings is 1. The number of hydrogen-bond donors (Lipinski definition) is 2. The minimum Gasteiger partial charge on any atom is -0.316 e. The van der Waals surface area contributed by atoms with Gasteiger partial charge in [0.1, 0.15) is 0 Å². The van der Waals surface area contributed by atoms with Gasteiger partial charge < -0.3 is 10.6 Å². The second-order valence-electron chi connectivity index (χ2n) is 5.97. The molecule has 2 heterocycles. The molecule has 1 fully saturated rings. The Hall–Kier alpha value is -0.380. The van der Waals surface area contributed by atoms with E-state index in [-0.39, 0.29) is 5.41 Å². The summed E-state index contributed by atoms with van der Waals surface area (Å²) in [4.78, 5) is 1.48. The van der Waals surface area contributed by atoms with E-state index in [0.29, 0.717) is 0 Å². The van der Waals surface area contributed by atoms with Crippen LogP contribution in [-0.2, 0) is 5.41 Å². The molecule has 3 heteroatoms. The predicted octanol–water partition coefficient (Wildman–Crippen LogP) is 3.15. The van der Waals surface area contributed by atoms with Crippen LogP contribution in [0.5, 0.6) is 0 Å². The molecular weight excluding hydrogens is 240 g/mol. The van der Waals surface area contributed by atoms with Gasteiger partial charge in [0.15, 0.2) is 0 Å². The SMILES string of the molecule is CC(C)(CNCCC1CCCCN1)c1cccs1. The zero-order valence-corrected chi connectivity index (χ0v) is 12.5. The van der Waals surface area contributed by atoms with Crippen LogP contribution in [0.1, 0.15) is 44.4 Å². The van der Waals surface area contributed by atoms with E-state index in [0.717, 1.165) is 19.1 Å². The summed E-state index contributed by atoms with van der Waals surface area (Å²) in [6.07, 6.45) is 5.38. The molecule has 0 saturated carbocycles. The molecule has 1 atom stereocenters. The van der Waals surface area contributed by atoms with Crippen LogP contribution in [0.3, 0.4) is 0 Å². The van der Waals surface area contributed by atoms with Gasteiger partial charge in [0.2, 0.25) is 0 Å². The first kappa shape index (κ1) is 14.0. The first-order valence-corrected chi connectivity index (χ1v) is 8.04. The van der Waals surface area contributed by atoms with E-state index in [2.05, 4.69) is 42.0 Å². The summed E-state index contributed by atoms with van der Waals surface area (Å²) in [6, 6.07) is 5.14. The lowest BCUT2D eigenvalue weighted by Gasteiger charge is -2.26. The molecular formula is C15H26N2S. The lowest BCUT2D eigenvalue weighted by molar-refractivity contribution is 0.368. The molecule has 0 amide bonds. The van der Waals surface area contributed by atoms with Crippen molar-refractivity contribution in [3.8, 4) is 0 Å². The van der Waals surface area contributed by atoms with E-state index >= 15 is 0 Å². The molecule has 2 nitrogen and oxygen atoms in total. The number of rotatable bonds is 6. The van der Waals surface area contributed by atoms with Crippen LogP contribution in [0.4, 0.5) is 0 Å². The van der Waals surface area contributed by atoms with Crippen LogP contribution in [0, 0.1) is 0 Å². The number of thiophene rings is 1. The molecule has 1 aliphatic rings. The maximum Gasteiger partial charge on any atom is 0.0115 e. The van der Waals surface area contributed by atoms with Gasteiger partial charge in [0.05, 0.1) is 0 Å². The molecule has 18 heavy (non-hydrogen) atoms. The van der Waals surface area contributed by atoms with E-state index in [1.54, 1.807) is 0 Å². The van der Waals surface area contributed by atoms with E-state index in [4.69, 9.17) is 0 Å². The Bertz CT molecular complexity index is 326. The monoisotopic (exact) mass is 266 g/mol. The highest BCUT2D eigenvalue weighted by molar-refractivity contribution is 7.10. The molecule has 0 aliphatic carbocycles. The van der Waals surface area contributed by atoms with Crippen molar-refractivity contribution in [2.75, 3.05) is 19.6 Å². The minimum absolute atomic E-state index is 0.258. The van der Waals surface area contributed by atoms with Gasteiger partial charge in [-0.3, -0.25) is 0 Å². The molecule has 0 aromatic carbocycles. The van der Waals surface area contributed by atoms with Crippen LogP contribution in [-0.4, -0.2) is 25.7 Å². The van der Waals surface area contributed by atoms with Gasteiger partial charge in [0.25, 0.3) is 0 Å². The summed E-state index contributed by atoms with van der Waals surface area (Å²) in [7, 11) is 0. The molecule has 0 bridgehead atoms. The Kier molecular flexibility index (Phi) is 5.22. The van der Waals surface area contributed by atoms with Crippen molar-refractivity contribution in [3.63, 3.8) is 0 Å². The summed E-state index contributed by atoms with van der Waals surface area (Å²) in [5, 5.41) is 9.40. The van der Waals surface area contributed by atoms with Crippen molar-refractivity contribution in [2.45, 2.75) is 51.0 Å². The first-order valence-electron chi connectivity index (χ1n) is 7.16. The van der Waals surface area contributed by atoms with Crippen LogP contribution < -0.4 is 10.6 Å². The molecule has 2 rings (SSSR count). The lowest BCUT2D eigenvalue weighted by atomic mass is 9.91. The second kappa shape index (κ2) is 6.69. The van der Waals surface area contributed by atoms with Gasteiger partial charge in [-0.25, -0.2) is 0 Å². The Morgan fingerprint density at radius 1 is 1.44 bits per heavy atom. The fourth-order valence-electron chi connectivity index (χ4n) is 2.60. The molecule has 2 N–H and O–H groups in total. The summed E-state index contributed by atoms with van der Waals surface area (Å²) >= 11 is 1.86. The van der Waals surface area contributed by atoms with Crippen molar-refractivity contribution < 1.29 is 0 Å². The third kappa shape index (κ3) is 4.08. The largest absolute Gasteiger partial charge is 0.316 e. The summed E-state index contributed by atoms with van der Waals surface area (Å²) in [6.45, 7) is 8.06. The van der Waals surface area contributed by atoms with Gasteiger partial charge >= 0.3 is 0 Å². The third-order valence-electron chi connectivity index (χ3n) is 3.84. The third-order valence-corrected chi connectivity index (χ3v) is 5.07. The molecule has 1 aromatic rings. The first-order chi connectivity index (χ1) is 8.68. The molecule has 1 aliphatic heterocycles.